The lowest BCUT2D eigenvalue weighted by Crippen LogP contribution is -2.26. The molecule has 110 valence electrons. The van der Waals surface area contributed by atoms with Crippen molar-refractivity contribution in [1.82, 2.24) is 4.72 Å². The summed E-state index contributed by atoms with van der Waals surface area (Å²) in [5.74, 6) is -1.24. The van der Waals surface area contributed by atoms with Crippen molar-refractivity contribution in [3.63, 3.8) is 0 Å². The second-order valence-corrected chi connectivity index (χ2v) is 5.73. The van der Waals surface area contributed by atoms with Gasteiger partial charge in [0.15, 0.2) is 0 Å². The van der Waals surface area contributed by atoms with E-state index in [1.165, 1.54) is 24.3 Å². The predicted octanol–water partition coefficient (Wildman–Crippen LogP) is 0.788. The van der Waals surface area contributed by atoms with Crippen LogP contribution in [0.15, 0.2) is 29.2 Å². The fourth-order valence-electron chi connectivity index (χ4n) is 1.34. The van der Waals surface area contributed by atoms with E-state index in [0.29, 0.717) is 12.1 Å². The Labute approximate surface area is 117 Å². The Morgan fingerprint density at radius 3 is 2.30 bits per heavy atom. The van der Waals surface area contributed by atoms with E-state index in [1.54, 1.807) is 6.92 Å². The Hall–Kier alpha value is -1.93. The van der Waals surface area contributed by atoms with Crippen LogP contribution in [0.4, 0.5) is 5.69 Å². The molecule has 0 aliphatic rings. The van der Waals surface area contributed by atoms with E-state index in [9.17, 15) is 18.0 Å². The van der Waals surface area contributed by atoms with Crippen LogP contribution in [-0.2, 0) is 19.6 Å². The minimum Gasteiger partial charge on any atom is -0.481 e. The molecule has 1 rings (SSSR count). The van der Waals surface area contributed by atoms with Crippen LogP contribution in [0.3, 0.4) is 0 Å². The van der Waals surface area contributed by atoms with Gasteiger partial charge in [0.05, 0.1) is 11.3 Å². The average molecular weight is 300 g/mol. The predicted molar refractivity (Wildman–Crippen MR) is 72.8 cm³/mol. The fourth-order valence-corrected chi connectivity index (χ4v) is 2.37. The molecule has 8 heteroatoms. The van der Waals surface area contributed by atoms with Crippen molar-refractivity contribution in [3.05, 3.63) is 24.3 Å². The monoisotopic (exact) mass is 300 g/mol. The number of sulfonamides is 1. The standard InChI is InChI=1S/C12H16N2O5S/c1-2-11(15)14-9-3-5-10(6-4-9)20(18,19)13-8-7-12(16)17/h3-6,13H,2,7-8H2,1H3,(H,14,15)(H,16,17). The van der Waals surface area contributed by atoms with Gasteiger partial charge in [0, 0.05) is 18.7 Å². The maximum Gasteiger partial charge on any atom is 0.304 e. The van der Waals surface area contributed by atoms with Gasteiger partial charge in [-0.15, -0.1) is 0 Å². The molecule has 0 heterocycles. The second kappa shape index (κ2) is 7.01. The molecule has 0 aliphatic heterocycles. The number of aliphatic carboxylic acids is 1. The summed E-state index contributed by atoms with van der Waals surface area (Å²) in [6, 6.07) is 5.63. The van der Waals surface area contributed by atoms with E-state index >= 15 is 0 Å². The second-order valence-electron chi connectivity index (χ2n) is 3.97. The molecule has 1 aromatic carbocycles. The van der Waals surface area contributed by atoms with Crippen molar-refractivity contribution in [2.45, 2.75) is 24.7 Å². The molecular formula is C12H16N2O5S. The normalized spacial score (nSPS) is 11.1. The zero-order valence-electron chi connectivity index (χ0n) is 10.9. The van der Waals surface area contributed by atoms with E-state index < -0.39 is 16.0 Å². The summed E-state index contributed by atoms with van der Waals surface area (Å²) < 4.78 is 25.8. The van der Waals surface area contributed by atoms with E-state index in [4.69, 9.17) is 5.11 Å². The fraction of sp³-hybridized carbons (Fsp3) is 0.333. The lowest BCUT2D eigenvalue weighted by Gasteiger charge is -2.07. The number of carboxylic acids is 1. The number of carbonyl (C=O) groups excluding carboxylic acids is 1. The van der Waals surface area contributed by atoms with Crippen LogP contribution < -0.4 is 10.0 Å². The zero-order chi connectivity index (χ0) is 15.2. The van der Waals surface area contributed by atoms with Crippen LogP contribution >= 0.6 is 0 Å². The third kappa shape index (κ3) is 4.98. The van der Waals surface area contributed by atoms with Crippen LogP contribution in [0.2, 0.25) is 0 Å². The minimum absolute atomic E-state index is 0.0115. The number of carbonyl (C=O) groups is 2. The van der Waals surface area contributed by atoms with Crippen molar-refractivity contribution in [2.24, 2.45) is 0 Å². The highest BCUT2D eigenvalue weighted by Crippen LogP contribution is 2.14. The number of nitrogens with one attached hydrogen (secondary N) is 2. The summed E-state index contributed by atoms with van der Waals surface area (Å²) >= 11 is 0. The summed E-state index contributed by atoms with van der Waals surface area (Å²) in [7, 11) is -3.73. The highest BCUT2D eigenvalue weighted by molar-refractivity contribution is 7.89. The zero-order valence-corrected chi connectivity index (χ0v) is 11.7. The molecule has 1 amide bonds. The van der Waals surface area contributed by atoms with Crippen LogP contribution in [0, 0.1) is 0 Å². The van der Waals surface area contributed by atoms with Crippen molar-refractivity contribution < 1.29 is 23.1 Å². The van der Waals surface area contributed by atoms with Gasteiger partial charge in [0.1, 0.15) is 0 Å². The summed E-state index contributed by atoms with van der Waals surface area (Å²) in [4.78, 5) is 21.5. The Balaban J connectivity index is 2.71. The Bertz CT molecular complexity index is 580. The number of carboxylic acid groups (broad SMARTS) is 1. The molecule has 0 spiro atoms. The Morgan fingerprint density at radius 2 is 1.80 bits per heavy atom. The van der Waals surface area contributed by atoms with Gasteiger partial charge in [-0.3, -0.25) is 9.59 Å². The van der Waals surface area contributed by atoms with Crippen molar-refractivity contribution in [2.75, 3.05) is 11.9 Å². The third-order valence-electron chi connectivity index (χ3n) is 2.40. The maximum atomic E-state index is 11.8. The van der Waals surface area contributed by atoms with Gasteiger partial charge in [-0.05, 0) is 24.3 Å². The molecule has 20 heavy (non-hydrogen) atoms. The van der Waals surface area contributed by atoms with Crippen molar-refractivity contribution >= 4 is 27.6 Å². The van der Waals surface area contributed by atoms with E-state index in [0.717, 1.165) is 0 Å². The summed E-state index contributed by atoms with van der Waals surface area (Å²) in [5, 5.41) is 11.0. The van der Waals surface area contributed by atoms with Crippen molar-refractivity contribution in [1.29, 1.82) is 0 Å². The summed E-state index contributed by atoms with van der Waals surface area (Å²) in [5.41, 5.74) is 0.501. The topological polar surface area (TPSA) is 113 Å². The molecule has 7 nitrogen and oxygen atoms in total. The largest absolute Gasteiger partial charge is 0.481 e. The number of amides is 1. The van der Waals surface area contributed by atoms with E-state index in [1.807, 2.05) is 0 Å². The molecule has 0 radical (unpaired) electrons. The first-order valence-corrected chi connectivity index (χ1v) is 7.45. The molecule has 0 saturated carbocycles. The molecule has 0 fully saturated rings. The number of hydrogen-bond donors (Lipinski definition) is 3. The summed E-state index contributed by atoms with van der Waals surface area (Å²) in [6.45, 7) is 1.53. The number of benzene rings is 1. The minimum atomic E-state index is -3.73. The van der Waals surface area contributed by atoms with Crippen LogP contribution in [0.5, 0.6) is 0 Å². The highest BCUT2D eigenvalue weighted by Gasteiger charge is 2.14. The first-order chi connectivity index (χ1) is 9.35. The molecule has 0 atom stereocenters. The lowest BCUT2D eigenvalue weighted by atomic mass is 10.3. The molecular weight excluding hydrogens is 284 g/mol. The van der Waals surface area contributed by atoms with Gasteiger partial charge >= 0.3 is 5.97 Å². The first-order valence-electron chi connectivity index (χ1n) is 5.96. The van der Waals surface area contributed by atoms with Gasteiger partial charge < -0.3 is 10.4 Å². The lowest BCUT2D eigenvalue weighted by molar-refractivity contribution is -0.136. The molecule has 0 aliphatic carbocycles. The van der Waals surface area contributed by atoms with E-state index in [-0.39, 0.29) is 23.8 Å². The average Bonchev–Trinajstić information content (AvgIpc) is 2.38. The maximum absolute atomic E-state index is 11.8. The number of hydrogen-bond acceptors (Lipinski definition) is 4. The van der Waals surface area contributed by atoms with Crippen LogP contribution in [-0.4, -0.2) is 31.9 Å². The van der Waals surface area contributed by atoms with Crippen LogP contribution in [0.25, 0.3) is 0 Å². The molecule has 1 aromatic rings. The first kappa shape index (κ1) is 16.1. The highest BCUT2D eigenvalue weighted by atomic mass is 32.2. The molecule has 0 saturated heterocycles. The smallest absolute Gasteiger partial charge is 0.304 e. The molecule has 0 bridgehead atoms. The van der Waals surface area contributed by atoms with Crippen molar-refractivity contribution in [3.8, 4) is 0 Å². The van der Waals surface area contributed by atoms with E-state index in [2.05, 4.69) is 10.0 Å². The quantitative estimate of drug-likeness (QED) is 0.689. The number of anilines is 1. The van der Waals surface area contributed by atoms with Gasteiger partial charge in [-0.25, -0.2) is 13.1 Å². The molecule has 0 unspecified atom stereocenters. The molecule has 0 aromatic heterocycles. The van der Waals surface area contributed by atoms with Gasteiger partial charge in [0.25, 0.3) is 0 Å². The van der Waals surface area contributed by atoms with Gasteiger partial charge in [-0.1, -0.05) is 6.92 Å². The third-order valence-corrected chi connectivity index (χ3v) is 3.88. The molecule has 3 N–H and O–H groups in total. The Morgan fingerprint density at radius 1 is 1.20 bits per heavy atom. The summed E-state index contributed by atoms with van der Waals surface area (Å²) in [6.07, 6.45) is 0.0423. The van der Waals surface area contributed by atoms with Gasteiger partial charge in [-0.2, -0.15) is 0 Å². The van der Waals surface area contributed by atoms with Gasteiger partial charge in [0.2, 0.25) is 15.9 Å². The number of rotatable bonds is 7. The van der Waals surface area contributed by atoms with Crippen LogP contribution in [0.1, 0.15) is 19.8 Å². The SMILES string of the molecule is CCC(=O)Nc1ccc(S(=O)(=O)NCCC(=O)O)cc1. The Kier molecular flexibility index (Phi) is 5.66.